The van der Waals surface area contributed by atoms with Crippen LogP contribution in [0.3, 0.4) is 0 Å². The first-order valence-corrected chi connectivity index (χ1v) is 7.26. The number of Topliss-reactive ketones (excluding diaryl/α,β-unsaturated/α-hetero) is 1. The Hall–Kier alpha value is -0.850. The normalized spacial score (nSPS) is 14.0. The quantitative estimate of drug-likeness (QED) is 0.640. The van der Waals surface area contributed by atoms with Crippen molar-refractivity contribution in [2.75, 3.05) is 6.26 Å². The van der Waals surface area contributed by atoms with Gasteiger partial charge in [-0.05, 0) is 24.8 Å². The summed E-state index contributed by atoms with van der Waals surface area (Å²) >= 11 is 4.55. The molecule has 0 aliphatic rings. The fourth-order valence-electron chi connectivity index (χ4n) is 1.60. The number of hydrogen-bond acceptors (Lipinski definition) is 4. The number of rotatable bonds is 5. The Morgan fingerprint density at radius 2 is 2.00 bits per heavy atom. The number of aliphatic hydroxyl groups is 1. The van der Waals surface area contributed by atoms with Gasteiger partial charge in [0.2, 0.25) is 0 Å². The minimum absolute atomic E-state index is 0.146. The van der Waals surface area contributed by atoms with Gasteiger partial charge in [0.1, 0.15) is 5.78 Å². The fraction of sp³-hybridized carbons (Fsp3) is 0.333. The van der Waals surface area contributed by atoms with Crippen molar-refractivity contribution in [1.82, 2.24) is 0 Å². The van der Waals surface area contributed by atoms with E-state index in [4.69, 9.17) is 5.11 Å². The van der Waals surface area contributed by atoms with Gasteiger partial charge in [0.25, 0.3) is 0 Å². The van der Waals surface area contributed by atoms with Gasteiger partial charge in [-0.1, -0.05) is 28.1 Å². The van der Waals surface area contributed by atoms with Crippen LogP contribution < -0.4 is 0 Å². The van der Waals surface area contributed by atoms with Crippen LogP contribution in [-0.4, -0.2) is 28.2 Å². The number of aliphatic hydroxyl groups excluding tert-OH is 1. The molecule has 0 bridgehead atoms. The molecule has 1 aromatic carbocycles. The Morgan fingerprint density at radius 1 is 1.39 bits per heavy atom. The molecule has 0 radical (unpaired) electrons. The van der Waals surface area contributed by atoms with E-state index in [1.165, 1.54) is 18.7 Å². The van der Waals surface area contributed by atoms with Gasteiger partial charge in [-0.2, -0.15) is 0 Å². The molecule has 4 nitrogen and oxygen atoms in total. The number of carbonyl (C=O) groups is 2. The molecule has 98 valence electrons. The summed E-state index contributed by atoms with van der Waals surface area (Å²) < 4.78 is 0. The van der Waals surface area contributed by atoms with Crippen LogP contribution in [0.25, 0.3) is 0 Å². The molecule has 0 amide bonds. The Bertz CT molecular complexity index is 475. The second kappa shape index (κ2) is 6.36. The maximum absolute atomic E-state index is 11.4. The highest BCUT2D eigenvalue weighted by Crippen LogP contribution is 2.36. The highest BCUT2D eigenvalue weighted by atomic mass is 79.9. The number of ketones is 1. The van der Waals surface area contributed by atoms with Crippen molar-refractivity contribution in [2.24, 2.45) is 0 Å². The van der Waals surface area contributed by atoms with Gasteiger partial charge in [0, 0.05) is 10.5 Å². The van der Waals surface area contributed by atoms with Gasteiger partial charge >= 0.3 is 5.97 Å². The number of hydrogen-bond donors (Lipinski definition) is 2. The Kier molecular flexibility index (Phi) is 5.37. The number of benzene rings is 1. The Morgan fingerprint density at radius 3 is 2.44 bits per heavy atom. The Balaban J connectivity index is 3.42. The van der Waals surface area contributed by atoms with E-state index < -0.39 is 16.9 Å². The minimum Gasteiger partial charge on any atom is -0.479 e. The third-order valence-electron chi connectivity index (χ3n) is 2.46. The molecule has 2 unspecified atom stereocenters. The summed E-state index contributed by atoms with van der Waals surface area (Å²) in [5.41, 5.74) is 0.763. The summed E-state index contributed by atoms with van der Waals surface area (Å²) in [7, 11) is 0. The first kappa shape index (κ1) is 15.2. The summed E-state index contributed by atoms with van der Waals surface area (Å²) in [6.45, 7) is 1.40. The lowest BCUT2D eigenvalue weighted by Gasteiger charge is -2.18. The summed E-state index contributed by atoms with van der Waals surface area (Å²) in [6, 6.07) is 5.09. The zero-order valence-electron chi connectivity index (χ0n) is 9.88. The lowest BCUT2D eigenvalue weighted by Crippen LogP contribution is -2.16. The average molecular weight is 333 g/mol. The van der Waals surface area contributed by atoms with Crippen molar-refractivity contribution in [3.05, 3.63) is 29.3 Å². The molecule has 0 spiro atoms. The zero-order valence-corrected chi connectivity index (χ0v) is 12.3. The largest absolute Gasteiger partial charge is 0.479 e. The number of carbonyl (C=O) groups excluding carboxylic acids is 1. The average Bonchev–Trinajstić information content (AvgIpc) is 2.35. The van der Waals surface area contributed by atoms with E-state index in [0.717, 1.165) is 0 Å². The molecular weight excluding hydrogens is 320 g/mol. The molecular formula is C12H13BrO4S. The van der Waals surface area contributed by atoms with Crippen LogP contribution in [-0.2, 0) is 9.59 Å². The molecule has 0 saturated carbocycles. The van der Waals surface area contributed by atoms with Crippen LogP contribution in [0.4, 0.5) is 0 Å². The van der Waals surface area contributed by atoms with Gasteiger partial charge in [-0.15, -0.1) is 11.8 Å². The van der Waals surface area contributed by atoms with Crippen LogP contribution >= 0.6 is 27.7 Å². The predicted octanol–water partition coefficient (Wildman–Crippen LogP) is 2.55. The highest BCUT2D eigenvalue weighted by Gasteiger charge is 2.27. The number of halogens is 1. The molecule has 0 aromatic heterocycles. The molecule has 18 heavy (non-hydrogen) atoms. The predicted molar refractivity (Wildman–Crippen MR) is 73.2 cm³/mol. The Labute approximate surface area is 118 Å². The molecule has 2 atom stereocenters. The molecule has 0 saturated heterocycles. The van der Waals surface area contributed by atoms with Crippen molar-refractivity contribution in [2.45, 2.75) is 22.8 Å². The second-order valence-corrected chi connectivity index (χ2v) is 5.44. The standard InChI is InChI=1S/C12H13BrO4S/c1-6(14)10(13)7-4-3-5-8(18-2)9(7)11(15)12(16)17/h3-5,10-11,15H,1-2H3,(H,16,17). The number of carboxylic acid groups (broad SMARTS) is 1. The smallest absolute Gasteiger partial charge is 0.337 e. The van der Waals surface area contributed by atoms with Crippen molar-refractivity contribution in [1.29, 1.82) is 0 Å². The van der Waals surface area contributed by atoms with Crippen LogP contribution in [0.2, 0.25) is 0 Å². The van der Waals surface area contributed by atoms with Crippen LogP contribution in [0, 0.1) is 0 Å². The summed E-state index contributed by atoms with van der Waals surface area (Å²) in [6.07, 6.45) is 0.150. The maximum Gasteiger partial charge on any atom is 0.337 e. The van der Waals surface area contributed by atoms with Gasteiger partial charge in [0.05, 0.1) is 4.83 Å². The van der Waals surface area contributed by atoms with Crippen LogP contribution in [0.15, 0.2) is 23.1 Å². The zero-order chi connectivity index (χ0) is 13.9. The van der Waals surface area contributed by atoms with Crippen molar-refractivity contribution >= 4 is 39.4 Å². The van der Waals surface area contributed by atoms with Crippen molar-refractivity contribution in [3.8, 4) is 0 Å². The van der Waals surface area contributed by atoms with E-state index >= 15 is 0 Å². The van der Waals surface area contributed by atoms with Gasteiger partial charge in [-0.3, -0.25) is 4.79 Å². The molecule has 1 aromatic rings. The third-order valence-corrected chi connectivity index (χ3v) is 4.39. The molecule has 0 heterocycles. The molecule has 0 aliphatic carbocycles. The monoisotopic (exact) mass is 332 g/mol. The molecule has 0 aliphatic heterocycles. The van der Waals surface area contributed by atoms with E-state index in [1.807, 2.05) is 0 Å². The van der Waals surface area contributed by atoms with Crippen molar-refractivity contribution < 1.29 is 19.8 Å². The second-order valence-electron chi connectivity index (χ2n) is 3.68. The summed E-state index contributed by atoms with van der Waals surface area (Å²) in [5, 5.41) is 18.7. The number of thioether (sulfide) groups is 1. The summed E-state index contributed by atoms with van der Waals surface area (Å²) in [4.78, 5) is 22.4. The molecule has 2 N–H and O–H groups in total. The molecule has 0 fully saturated rings. The first-order valence-electron chi connectivity index (χ1n) is 5.12. The fourth-order valence-corrected chi connectivity index (χ4v) is 2.66. The molecule has 1 rings (SSSR count). The molecule has 6 heteroatoms. The van der Waals surface area contributed by atoms with E-state index in [9.17, 15) is 14.7 Å². The van der Waals surface area contributed by atoms with E-state index in [0.29, 0.717) is 10.5 Å². The lowest BCUT2D eigenvalue weighted by molar-refractivity contribution is -0.147. The van der Waals surface area contributed by atoms with Crippen LogP contribution in [0.5, 0.6) is 0 Å². The first-order chi connectivity index (χ1) is 8.40. The number of aliphatic carboxylic acids is 1. The van der Waals surface area contributed by atoms with E-state index in [-0.39, 0.29) is 11.3 Å². The SMILES string of the molecule is CSc1cccc(C(Br)C(C)=O)c1C(O)C(=O)O. The highest BCUT2D eigenvalue weighted by molar-refractivity contribution is 9.09. The van der Waals surface area contributed by atoms with E-state index in [2.05, 4.69) is 15.9 Å². The van der Waals surface area contributed by atoms with Crippen LogP contribution in [0.1, 0.15) is 29.0 Å². The van der Waals surface area contributed by atoms with Gasteiger partial charge in [-0.25, -0.2) is 4.79 Å². The third kappa shape index (κ3) is 3.13. The minimum atomic E-state index is -1.64. The number of alkyl halides is 1. The van der Waals surface area contributed by atoms with Gasteiger partial charge in [0.15, 0.2) is 6.10 Å². The lowest BCUT2D eigenvalue weighted by atomic mass is 9.98. The number of carboxylic acids is 1. The maximum atomic E-state index is 11.4. The summed E-state index contributed by atoms with van der Waals surface area (Å²) in [5.74, 6) is -1.48. The van der Waals surface area contributed by atoms with Gasteiger partial charge < -0.3 is 10.2 Å². The van der Waals surface area contributed by atoms with E-state index in [1.54, 1.807) is 24.5 Å². The van der Waals surface area contributed by atoms with Crippen molar-refractivity contribution in [3.63, 3.8) is 0 Å². The topological polar surface area (TPSA) is 74.6 Å².